The number of rotatable bonds is 5. The van der Waals surface area contributed by atoms with Crippen LogP contribution in [-0.4, -0.2) is 39.5 Å². The van der Waals surface area contributed by atoms with Crippen LogP contribution in [0.1, 0.15) is 35.3 Å². The number of thiazole rings is 1. The number of carbonyl (C=O) groups excluding carboxylic acids is 1. The van der Waals surface area contributed by atoms with E-state index in [0.717, 1.165) is 35.7 Å². The molecule has 126 valence electrons. The second-order valence-electron chi connectivity index (χ2n) is 5.91. The molecule has 1 aromatic carbocycles. The van der Waals surface area contributed by atoms with Gasteiger partial charge in [-0.1, -0.05) is 18.6 Å². The summed E-state index contributed by atoms with van der Waals surface area (Å²) in [5.74, 6) is -1.21. The summed E-state index contributed by atoms with van der Waals surface area (Å²) in [5, 5.41) is 12.2. The molecule has 6 nitrogen and oxygen atoms in total. The number of aromatic nitrogens is 1. The molecular weight excluding hydrogens is 326 g/mol. The average molecular weight is 345 g/mol. The molecule has 0 aliphatic carbocycles. The first kappa shape index (κ1) is 16.6. The summed E-state index contributed by atoms with van der Waals surface area (Å²) in [6.45, 7) is 1.34. The standard InChI is InChI=1S/C17H19N3O3S/c18-15(21)11-4-6-12(7-5-11)16-19-13(10-24-16)9-20-8-2-1-3-14(20)17(22)23/h4-7,10,14H,1-3,8-9H2,(H2,18,21)(H,22,23). The van der Waals surface area contributed by atoms with Crippen molar-refractivity contribution < 1.29 is 14.7 Å². The van der Waals surface area contributed by atoms with E-state index in [1.165, 1.54) is 11.3 Å². The van der Waals surface area contributed by atoms with Crippen molar-refractivity contribution in [2.75, 3.05) is 6.54 Å². The van der Waals surface area contributed by atoms with Gasteiger partial charge in [-0.25, -0.2) is 4.98 Å². The molecule has 1 atom stereocenters. The molecule has 1 saturated heterocycles. The third-order valence-electron chi connectivity index (χ3n) is 4.23. The Labute approximate surface area is 143 Å². The molecule has 2 heterocycles. The first-order valence-corrected chi connectivity index (χ1v) is 8.74. The van der Waals surface area contributed by atoms with Crippen LogP contribution in [0.15, 0.2) is 29.6 Å². The maximum absolute atomic E-state index is 11.4. The van der Waals surface area contributed by atoms with E-state index in [-0.39, 0.29) is 0 Å². The average Bonchev–Trinajstić information content (AvgIpc) is 3.04. The Hall–Kier alpha value is -2.25. The van der Waals surface area contributed by atoms with Gasteiger partial charge in [0, 0.05) is 23.1 Å². The number of benzene rings is 1. The predicted molar refractivity (Wildman–Crippen MR) is 91.8 cm³/mol. The summed E-state index contributed by atoms with van der Waals surface area (Å²) in [4.78, 5) is 29.1. The lowest BCUT2D eigenvalue weighted by Crippen LogP contribution is -2.44. The monoisotopic (exact) mass is 345 g/mol. The normalized spacial score (nSPS) is 18.4. The smallest absolute Gasteiger partial charge is 0.320 e. The highest BCUT2D eigenvalue weighted by Gasteiger charge is 2.28. The van der Waals surface area contributed by atoms with Crippen LogP contribution in [0.3, 0.4) is 0 Å². The lowest BCUT2D eigenvalue weighted by molar-refractivity contribution is -0.144. The van der Waals surface area contributed by atoms with Crippen molar-refractivity contribution in [1.82, 2.24) is 9.88 Å². The van der Waals surface area contributed by atoms with Gasteiger partial charge in [0.2, 0.25) is 5.91 Å². The van der Waals surface area contributed by atoms with E-state index in [2.05, 4.69) is 4.98 Å². The molecule has 0 spiro atoms. The van der Waals surface area contributed by atoms with Crippen molar-refractivity contribution in [3.05, 3.63) is 40.9 Å². The third-order valence-corrected chi connectivity index (χ3v) is 5.17. The molecular formula is C17H19N3O3S. The van der Waals surface area contributed by atoms with Crippen LogP contribution < -0.4 is 5.73 Å². The van der Waals surface area contributed by atoms with Gasteiger partial charge in [-0.05, 0) is 31.5 Å². The predicted octanol–water partition coefficient (Wildman–Crippen LogP) is 2.35. The van der Waals surface area contributed by atoms with Crippen molar-refractivity contribution in [2.24, 2.45) is 5.73 Å². The molecule has 1 fully saturated rings. The minimum Gasteiger partial charge on any atom is -0.480 e. The molecule has 0 radical (unpaired) electrons. The second-order valence-corrected chi connectivity index (χ2v) is 6.76. The van der Waals surface area contributed by atoms with Crippen molar-refractivity contribution in [2.45, 2.75) is 31.8 Å². The quantitative estimate of drug-likeness (QED) is 0.867. The maximum Gasteiger partial charge on any atom is 0.320 e. The zero-order valence-electron chi connectivity index (χ0n) is 13.1. The van der Waals surface area contributed by atoms with E-state index in [0.29, 0.717) is 18.5 Å². The third kappa shape index (κ3) is 3.63. The van der Waals surface area contributed by atoms with E-state index >= 15 is 0 Å². The molecule has 24 heavy (non-hydrogen) atoms. The molecule has 7 heteroatoms. The van der Waals surface area contributed by atoms with Gasteiger partial charge < -0.3 is 10.8 Å². The number of aliphatic carboxylic acids is 1. The summed E-state index contributed by atoms with van der Waals surface area (Å²) in [6, 6.07) is 6.60. The molecule has 1 aliphatic rings. The van der Waals surface area contributed by atoms with E-state index < -0.39 is 17.9 Å². The zero-order chi connectivity index (χ0) is 17.1. The molecule has 0 saturated carbocycles. The number of amides is 1. The SMILES string of the molecule is NC(=O)c1ccc(-c2nc(CN3CCCCC3C(=O)O)cs2)cc1. The van der Waals surface area contributed by atoms with Crippen LogP contribution >= 0.6 is 11.3 Å². The molecule has 2 aromatic rings. The fourth-order valence-electron chi connectivity index (χ4n) is 2.96. The summed E-state index contributed by atoms with van der Waals surface area (Å²) in [5.41, 5.74) is 7.51. The van der Waals surface area contributed by atoms with Crippen molar-refractivity contribution in [1.29, 1.82) is 0 Å². The van der Waals surface area contributed by atoms with Crippen molar-refractivity contribution >= 4 is 23.2 Å². The van der Waals surface area contributed by atoms with E-state index in [9.17, 15) is 14.7 Å². The maximum atomic E-state index is 11.4. The minimum absolute atomic E-state index is 0.418. The Morgan fingerprint density at radius 3 is 2.71 bits per heavy atom. The molecule has 1 unspecified atom stereocenters. The summed E-state index contributed by atoms with van der Waals surface area (Å²) < 4.78 is 0. The molecule has 1 aliphatic heterocycles. The number of hydrogen-bond donors (Lipinski definition) is 2. The first-order chi connectivity index (χ1) is 11.5. The topological polar surface area (TPSA) is 96.5 Å². The fourth-order valence-corrected chi connectivity index (χ4v) is 3.77. The molecule has 1 amide bonds. The van der Waals surface area contributed by atoms with Crippen LogP contribution in [0, 0.1) is 0 Å². The Bertz CT molecular complexity index is 742. The number of carboxylic acid groups (broad SMARTS) is 1. The van der Waals surface area contributed by atoms with Crippen LogP contribution in [0.4, 0.5) is 0 Å². The van der Waals surface area contributed by atoms with Gasteiger partial charge in [0.1, 0.15) is 11.0 Å². The number of nitrogens with zero attached hydrogens (tertiary/aromatic N) is 2. The van der Waals surface area contributed by atoms with Gasteiger partial charge >= 0.3 is 5.97 Å². The van der Waals surface area contributed by atoms with Gasteiger partial charge in [0.05, 0.1) is 5.69 Å². The van der Waals surface area contributed by atoms with E-state index in [4.69, 9.17) is 5.73 Å². The highest BCUT2D eigenvalue weighted by molar-refractivity contribution is 7.13. The number of hydrogen-bond acceptors (Lipinski definition) is 5. The fraction of sp³-hybridized carbons (Fsp3) is 0.353. The molecule has 1 aromatic heterocycles. The van der Waals surface area contributed by atoms with Crippen LogP contribution in [0.5, 0.6) is 0 Å². The van der Waals surface area contributed by atoms with E-state index in [1.807, 2.05) is 22.4 Å². The Morgan fingerprint density at radius 2 is 2.04 bits per heavy atom. The number of primary amides is 1. The lowest BCUT2D eigenvalue weighted by atomic mass is 10.0. The van der Waals surface area contributed by atoms with E-state index in [1.54, 1.807) is 12.1 Å². The van der Waals surface area contributed by atoms with Gasteiger partial charge in [0.15, 0.2) is 0 Å². The lowest BCUT2D eigenvalue weighted by Gasteiger charge is -2.32. The Kier molecular flexibility index (Phi) is 4.92. The largest absolute Gasteiger partial charge is 0.480 e. The second kappa shape index (κ2) is 7.11. The van der Waals surface area contributed by atoms with Gasteiger partial charge in [0.25, 0.3) is 0 Å². The highest BCUT2D eigenvalue weighted by atomic mass is 32.1. The first-order valence-electron chi connectivity index (χ1n) is 7.86. The van der Waals surface area contributed by atoms with Crippen molar-refractivity contribution in [3.8, 4) is 10.6 Å². The van der Waals surface area contributed by atoms with Crippen LogP contribution in [0.2, 0.25) is 0 Å². The minimum atomic E-state index is -0.757. The van der Waals surface area contributed by atoms with Crippen LogP contribution in [0.25, 0.3) is 10.6 Å². The number of carboxylic acids is 1. The summed E-state index contributed by atoms with van der Waals surface area (Å²) >= 11 is 1.51. The zero-order valence-corrected chi connectivity index (χ0v) is 14.0. The van der Waals surface area contributed by atoms with Gasteiger partial charge in [-0.3, -0.25) is 14.5 Å². The number of carbonyl (C=O) groups is 2. The molecule has 0 bridgehead atoms. The summed E-state index contributed by atoms with van der Waals surface area (Å²) in [6.07, 6.45) is 2.68. The molecule has 3 rings (SSSR count). The number of nitrogens with two attached hydrogens (primary N) is 1. The highest BCUT2D eigenvalue weighted by Crippen LogP contribution is 2.26. The van der Waals surface area contributed by atoms with Gasteiger partial charge in [-0.2, -0.15) is 0 Å². The Morgan fingerprint density at radius 1 is 1.29 bits per heavy atom. The number of piperidine rings is 1. The Balaban J connectivity index is 1.73. The summed E-state index contributed by atoms with van der Waals surface area (Å²) in [7, 11) is 0. The van der Waals surface area contributed by atoms with Crippen LogP contribution in [-0.2, 0) is 11.3 Å². The number of likely N-dealkylation sites (tertiary alicyclic amines) is 1. The molecule has 3 N–H and O–H groups in total. The van der Waals surface area contributed by atoms with Crippen molar-refractivity contribution in [3.63, 3.8) is 0 Å². The van der Waals surface area contributed by atoms with Gasteiger partial charge in [-0.15, -0.1) is 11.3 Å².